The van der Waals surface area contributed by atoms with Gasteiger partial charge in [-0.25, -0.2) is 4.98 Å². The van der Waals surface area contributed by atoms with Gasteiger partial charge < -0.3 is 4.57 Å². The maximum absolute atomic E-state index is 4.47. The molecule has 3 rings (SSSR count). The number of aromatic nitrogens is 3. The zero-order valence-electron chi connectivity index (χ0n) is 12.6. The summed E-state index contributed by atoms with van der Waals surface area (Å²) in [6, 6.07) is 6.13. The lowest BCUT2D eigenvalue weighted by Gasteiger charge is -2.34. The maximum atomic E-state index is 4.47. The lowest BCUT2D eigenvalue weighted by molar-refractivity contribution is 0.118. The van der Waals surface area contributed by atoms with E-state index in [1.165, 1.54) is 5.82 Å². The monoisotopic (exact) mass is 285 g/mol. The minimum atomic E-state index is 0.957. The van der Waals surface area contributed by atoms with Gasteiger partial charge in [0.25, 0.3) is 0 Å². The first-order valence-corrected chi connectivity index (χ1v) is 7.70. The zero-order valence-corrected chi connectivity index (χ0v) is 12.6. The van der Waals surface area contributed by atoms with Crippen LogP contribution in [0.1, 0.15) is 18.4 Å². The molecule has 5 heteroatoms. The fourth-order valence-electron chi connectivity index (χ4n) is 2.81. The van der Waals surface area contributed by atoms with Gasteiger partial charge in [0, 0.05) is 57.9 Å². The summed E-state index contributed by atoms with van der Waals surface area (Å²) in [5.74, 6) is 1.18. The highest BCUT2D eigenvalue weighted by Crippen LogP contribution is 2.09. The number of hydrogen-bond acceptors (Lipinski definition) is 4. The van der Waals surface area contributed by atoms with Crippen molar-refractivity contribution in [2.24, 2.45) is 0 Å². The first-order chi connectivity index (χ1) is 10.3. The molecule has 0 saturated carbocycles. The number of nitrogens with zero attached hydrogens (tertiary/aromatic N) is 5. The van der Waals surface area contributed by atoms with Gasteiger partial charge in [-0.1, -0.05) is 6.07 Å². The minimum Gasteiger partial charge on any atom is -0.334 e. The van der Waals surface area contributed by atoms with E-state index in [9.17, 15) is 0 Å². The molecule has 5 nitrogen and oxygen atoms in total. The first kappa shape index (κ1) is 14.2. The summed E-state index contributed by atoms with van der Waals surface area (Å²) in [6.45, 7) is 9.47. The third kappa shape index (κ3) is 3.68. The van der Waals surface area contributed by atoms with Gasteiger partial charge >= 0.3 is 0 Å². The summed E-state index contributed by atoms with van der Waals surface area (Å²) in [4.78, 5) is 13.8. The molecule has 0 unspecified atom stereocenters. The van der Waals surface area contributed by atoms with E-state index in [1.807, 2.05) is 18.5 Å². The van der Waals surface area contributed by atoms with Crippen LogP contribution < -0.4 is 0 Å². The normalized spacial score (nSPS) is 17.2. The van der Waals surface area contributed by atoms with Gasteiger partial charge in [-0.15, -0.1) is 0 Å². The highest BCUT2D eigenvalue weighted by molar-refractivity contribution is 5.03. The number of aryl methyl sites for hydroxylation is 1. The van der Waals surface area contributed by atoms with Crippen LogP contribution in [0.15, 0.2) is 36.8 Å². The van der Waals surface area contributed by atoms with Crippen molar-refractivity contribution in [2.75, 3.05) is 26.2 Å². The Morgan fingerprint density at radius 1 is 0.952 bits per heavy atom. The van der Waals surface area contributed by atoms with E-state index in [0.29, 0.717) is 0 Å². The highest BCUT2D eigenvalue weighted by Gasteiger charge is 2.18. The Morgan fingerprint density at radius 3 is 2.38 bits per heavy atom. The van der Waals surface area contributed by atoms with Gasteiger partial charge in [0.15, 0.2) is 0 Å². The molecule has 0 atom stereocenters. The smallest absolute Gasteiger partial charge is 0.122 e. The zero-order chi connectivity index (χ0) is 14.5. The Morgan fingerprint density at radius 2 is 1.71 bits per heavy atom. The molecule has 2 aromatic rings. The Labute approximate surface area is 126 Å². The van der Waals surface area contributed by atoms with Gasteiger partial charge in [0.05, 0.1) is 12.2 Å². The van der Waals surface area contributed by atoms with Gasteiger partial charge in [-0.05, 0) is 19.1 Å². The van der Waals surface area contributed by atoms with Gasteiger partial charge in [0.1, 0.15) is 5.82 Å². The molecule has 1 aliphatic rings. The summed E-state index contributed by atoms with van der Waals surface area (Å²) in [6.07, 6.45) is 5.83. The fourth-order valence-corrected chi connectivity index (χ4v) is 2.81. The van der Waals surface area contributed by atoms with Crippen molar-refractivity contribution < 1.29 is 0 Å². The van der Waals surface area contributed by atoms with E-state index in [0.717, 1.165) is 51.5 Å². The number of piperazine rings is 1. The lowest BCUT2D eigenvalue weighted by Crippen LogP contribution is -2.45. The van der Waals surface area contributed by atoms with Crippen molar-refractivity contribution in [3.63, 3.8) is 0 Å². The summed E-state index contributed by atoms with van der Waals surface area (Å²) >= 11 is 0. The van der Waals surface area contributed by atoms with E-state index in [1.54, 1.807) is 0 Å². The van der Waals surface area contributed by atoms with Crippen LogP contribution in [-0.4, -0.2) is 50.5 Å². The predicted molar refractivity (Wildman–Crippen MR) is 82.7 cm³/mol. The van der Waals surface area contributed by atoms with Gasteiger partial charge in [-0.2, -0.15) is 0 Å². The molecule has 21 heavy (non-hydrogen) atoms. The number of pyridine rings is 1. The molecule has 1 saturated heterocycles. The molecule has 0 radical (unpaired) electrons. The summed E-state index contributed by atoms with van der Waals surface area (Å²) in [5, 5.41) is 0. The van der Waals surface area contributed by atoms with Crippen LogP contribution in [-0.2, 0) is 19.6 Å². The van der Waals surface area contributed by atoms with Crippen molar-refractivity contribution in [2.45, 2.75) is 26.6 Å². The Balaban J connectivity index is 1.49. The van der Waals surface area contributed by atoms with Crippen LogP contribution in [0, 0.1) is 0 Å². The average molecular weight is 285 g/mol. The number of imidazole rings is 1. The third-order valence-electron chi connectivity index (χ3n) is 4.08. The summed E-state index contributed by atoms with van der Waals surface area (Å²) in [5.41, 5.74) is 1.16. The van der Waals surface area contributed by atoms with Crippen molar-refractivity contribution in [3.8, 4) is 0 Å². The molecule has 0 N–H and O–H groups in total. The van der Waals surface area contributed by atoms with Crippen LogP contribution in [0.3, 0.4) is 0 Å². The van der Waals surface area contributed by atoms with E-state index >= 15 is 0 Å². The summed E-state index contributed by atoms with van der Waals surface area (Å²) in [7, 11) is 0. The quantitative estimate of drug-likeness (QED) is 0.836. The number of hydrogen-bond donors (Lipinski definition) is 0. The van der Waals surface area contributed by atoms with Crippen LogP contribution >= 0.6 is 0 Å². The van der Waals surface area contributed by atoms with Crippen molar-refractivity contribution in [1.29, 1.82) is 0 Å². The van der Waals surface area contributed by atoms with Crippen molar-refractivity contribution in [1.82, 2.24) is 24.3 Å². The third-order valence-corrected chi connectivity index (χ3v) is 4.08. The van der Waals surface area contributed by atoms with E-state index < -0.39 is 0 Å². The van der Waals surface area contributed by atoms with Crippen LogP contribution in [0.2, 0.25) is 0 Å². The second-order valence-electron chi connectivity index (χ2n) is 5.50. The van der Waals surface area contributed by atoms with E-state index in [2.05, 4.69) is 49.6 Å². The number of rotatable bonds is 5. The molecule has 112 valence electrons. The van der Waals surface area contributed by atoms with Crippen molar-refractivity contribution in [3.05, 3.63) is 48.3 Å². The largest absolute Gasteiger partial charge is 0.334 e. The molecule has 2 aromatic heterocycles. The SMILES string of the molecule is CCn1ccnc1CN1CCN(Cc2ccccn2)CC1. The lowest BCUT2D eigenvalue weighted by atomic mass is 10.2. The highest BCUT2D eigenvalue weighted by atomic mass is 15.3. The van der Waals surface area contributed by atoms with Gasteiger partial charge in [-0.3, -0.25) is 14.8 Å². The second kappa shape index (κ2) is 6.83. The molecule has 0 aliphatic carbocycles. The van der Waals surface area contributed by atoms with E-state index in [-0.39, 0.29) is 0 Å². The van der Waals surface area contributed by atoms with Crippen LogP contribution in [0.25, 0.3) is 0 Å². The Hall–Kier alpha value is -1.72. The molecule has 1 aliphatic heterocycles. The summed E-state index contributed by atoms with van der Waals surface area (Å²) < 4.78 is 2.22. The molecular weight excluding hydrogens is 262 g/mol. The van der Waals surface area contributed by atoms with E-state index in [4.69, 9.17) is 0 Å². The van der Waals surface area contributed by atoms with Crippen LogP contribution in [0.4, 0.5) is 0 Å². The minimum absolute atomic E-state index is 0.957. The molecule has 0 bridgehead atoms. The topological polar surface area (TPSA) is 37.2 Å². The maximum Gasteiger partial charge on any atom is 0.122 e. The second-order valence-corrected chi connectivity index (χ2v) is 5.50. The molecule has 0 spiro atoms. The molecule has 0 aromatic carbocycles. The average Bonchev–Trinajstić information content (AvgIpc) is 2.97. The van der Waals surface area contributed by atoms with Crippen LogP contribution in [0.5, 0.6) is 0 Å². The Kier molecular flexibility index (Phi) is 4.62. The predicted octanol–water partition coefficient (Wildman–Crippen LogP) is 1.62. The molecular formula is C16H23N5. The molecule has 1 fully saturated rings. The molecule has 3 heterocycles. The Bertz CT molecular complexity index is 543. The fraction of sp³-hybridized carbons (Fsp3) is 0.500. The van der Waals surface area contributed by atoms with Gasteiger partial charge in [0.2, 0.25) is 0 Å². The molecule has 0 amide bonds. The standard InChI is InChI=1S/C16H23N5/c1-2-21-8-7-18-16(21)14-20-11-9-19(10-12-20)13-15-5-3-4-6-17-15/h3-8H,2,9-14H2,1H3. The van der Waals surface area contributed by atoms with Crippen molar-refractivity contribution >= 4 is 0 Å². The first-order valence-electron chi connectivity index (χ1n) is 7.70.